The van der Waals surface area contributed by atoms with Gasteiger partial charge in [0.25, 0.3) is 0 Å². The van der Waals surface area contributed by atoms with Crippen LogP contribution in [0.2, 0.25) is 25.1 Å². The van der Waals surface area contributed by atoms with Crippen LogP contribution in [-0.2, 0) is 29.3 Å². The number of hydrogen-bond donors (Lipinski definition) is 5. The number of benzene rings is 5. The number of pyridine rings is 3. The van der Waals surface area contributed by atoms with Gasteiger partial charge in [-0.05, 0) is 167 Å². The molecule has 5 N–H and O–H groups in total. The molecular weight excluding hydrogens is 1280 g/mol. The first-order valence-electron chi connectivity index (χ1n) is 21.4. The van der Waals surface area contributed by atoms with Crippen molar-refractivity contribution in [3.05, 3.63) is 205 Å². The zero-order chi connectivity index (χ0) is 59.2. The van der Waals surface area contributed by atoms with E-state index in [1.807, 2.05) is 42.5 Å². The molecule has 0 unspecified atom stereocenters. The molecule has 0 aliphatic carbocycles. The number of carboxylic acids is 1. The molecule has 8 aromatic rings. The number of aromatic nitrogens is 3. The van der Waals surface area contributed by atoms with E-state index in [0.717, 1.165) is 34.4 Å². The lowest BCUT2D eigenvalue weighted by atomic mass is 9.80. The lowest BCUT2D eigenvalue weighted by Gasteiger charge is -2.09. The van der Waals surface area contributed by atoms with E-state index in [1.54, 1.807) is 67.1 Å². The van der Waals surface area contributed by atoms with E-state index in [9.17, 15) is 41.1 Å². The average Bonchev–Trinajstić information content (AvgIpc) is 3.41. The molecule has 0 bridgehead atoms. The molecule has 412 valence electrons. The fourth-order valence-corrected chi connectivity index (χ4v) is 8.40. The third-order valence-electron chi connectivity index (χ3n) is 9.21. The van der Waals surface area contributed by atoms with E-state index in [0.29, 0.717) is 21.3 Å². The molecule has 0 aliphatic rings. The second-order valence-electron chi connectivity index (χ2n) is 15.0. The number of phenols is 2. The van der Waals surface area contributed by atoms with Gasteiger partial charge in [0.2, 0.25) is 0 Å². The van der Waals surface area contributed by atoms with Crippen LogP contribution in [-0.4, -0.2) is 99.2 Å². The van der Waals surface area contributed by atoms with Crippen LogP contribution in [0.25, 0.3) is 22.5 Å². The van der Waals surface area contributed by atoms with Gasteiger partial charge in [-0.3, -0.25) is 19.6 Å². The number of esters is 1. The highest BCUT2D eigenvalue weighted by molar-refractivity contribution is 9.10. The van der Waals surface area contributed by atoms with Gasteiger partial charge in [0.1, 0.15) is 21.9 Å². The number of hydrogen-bond acceptors (Lipinski definition) is 16. The van der Waals surface area contributed by atoms with Crippen molar-refractivity contribution in [3.63, 3.8) is 0 Å². The molecule has 0 fully saturated rings. The average molecular weight is 1320 g/mol. The first-order chi connectivity index (χ1) is 37.0. The predicted octanol–water partition coefficient (Wildman–Crippen LogP) is 11.3. The Morgan fingerprint density at radius 2 is 0.949 bits per heavy atom. The number of phenolic OH excluding ortho intramolecular Hbond substituents is 2. The number of nitrogens with zero attached hydrogens (tertiary/aromatic N) is 3. The van der Waals surface area contributed by atoms with Crippen LogP contribution in [0.4, 0.5) is 0 Å². The minimum atomic E-state index is -3.43. The van der Waals surface area contributed by atoms with Crippen molar-refractivity contribution >= 4 is 152 Å². The van der Waals surface area contributed by atoms with E-state index in [-0.39, 0.29) is 58.7 Å². The van der Waals surface area contributed by atoms with Gasteiger partial charge < -0.3 is 30.1 Å². The molecule has 79 heavy (non-hydrogen) atoms. The van der Waals surface area contributed by atoms with Crippen molar-refractivity contribution in [2.45, 2.75) is 9.79 Å². The number of carboxylic acid groups (broad SMARTS) is 1. The van der Waals surface area contributed by atoms with Gasteiger partial charge in [0.05, 0.1) is 52.4 Å². The maximum atomic E-state index is 12.4. The van der Waals surface area contributed by atoms with Gasteiger partial charge in [0, 0.05) is 52.7 Å². The van der Waals surface area contributed by atoms with Crippen molar-refractivity contribution < 1.29 is 66.1 Å². The Morgan fingerprint density at radius 1 is 0.519 bits per heavy atom. The maximum Gasteiger partial charge on any atom is 0.490 e. The molecule has 17 nitrogen and oxygen atoms in total. The van der Waals surface area contributed by atoms with Crippen LogP contribution >= 0.6 is 97.1 Å². The van der Waals surface area contributed by atoms with Gasteiger partial charge in [-0.1, -0.05) is 76.2 Å². The van der Waals surface area contributed by atoms with E-state index in [2.05, 4.69) is 54.1 Å². The highest BCUT2D eigenvalue weighted by Crippen LogP contribution is 2.32. The van der Waals surface area contributed by atoms with Crippen LogP contribution < -0.4 is 10.2 Å². The van der Waals surface area contributed by atoms with Gasteiger partial charge >= 0.3 is 29.5 Å². The number of carbonyl (C=O) groups is 4. The lowest BCUT2D eigenvalue weighted by molar-refractivity contribution is -0.127. The summed E-state index contributed by atoms with van der Waals surface area (Å²) in [5, 5.41) is 43.1. The molecule has 28 heteroatoms. The maximum absolute atomic E-state index is 12.4. The summed E-state index contributed by atoms with van der Waals surface area (Å²) in [6.45, 7) is 0. The summed E-state index contributed by atoms with van der Waals surface area (Å²) in [6.07, 6.45) is 7.15. The molecule has 5 aromatic carbocycles. The summed E-state index contributed by atoms with van der Waals surface area (Å²) in [6, 6.07) is 37.5. The fourth-order valence-electron chi connectivity index (χ4n) is 5.54. The zero-order valence-electron chi connectivity index (χ0n) is 40.3. The first-order valence-corrected chi connectivity index (χ1v) is 28.6. The third-order valence-corrected chi connectivity index (χ3v) is 14.0. The molecule has 3 aromatic heterocycles. The Balaban J connectivity index is 0.000000270. The highest BCUT2D eigenvalue weighted by atomic mass is 79.9. The number of sulfone groups is 2. The highest BCUT2D eigenvalue weighted by Gasteiger charge is 2.19. The molecule has 0 saturated heterocycles. The molecule has 0 spiro atoms. The molecule has 8 rings (SSSR count). The van der Waals surface area contributed by atoms with Crippen molar-refractivity contribution in [2.75, 3.05) is 12.5 Å². The summed E-state index contributed by atoms with van der Waals surface area (Å²) in [5.74, 6) is -1.50. The van der Waals surface area contributed by atoms with Crippen LogP contribution in [0.15, 0.2) is 179 Å². The Bertz CT molecular complexity index is 3630. The van der Waals surface area contributed by atoms with Crippen LogP contribution in [0.1, 0.15) is 20.7 Å². The van der Waals surface area contributed by atoms with Gasteiger partial charge in [-0.15, -0.1) is 0 Å². The third kappa shape index (κ3) is 23.2. The normalized spacial score (nSPS) is 10.3. The smallest absolute Gasteiger partial charge is 0.490 e. The number of halogens is 8. The standard InChI is InChI=1S/C19H13Cl2NO4S.C11H8ClNO.C8H7ClO4S.C6H6BClO3.C5H4BrN.C2Cl2O2/c1-27(24,25)13-6-7-14(17(21)11-13)19(23)26-12-5-8-16(20)15(10-12)18-4-2-3-9-22-18;12-10-5-4-8(14)7-9(10)11-3-1-2-6-13-11;1-14(12,13)5-2-3-6(8(10)11)7(9)4-5;8-6-2-1-4(9)3-5(6)7(10)11;6-5-3-1-2-4-7-5;3-1(5)2(4)6/h2-11H,1H3;1-7,14H;2-4H,1H3,(H,10,11);1-3,9-11H;1-4H;. The molecule has 0 radical (unpaired) electrons. The van der Waals surface area contributed by atoms with E-state index >= 15 is 0 Å². The molecular formula is C51H38BBrCl7N3O14S2. The minimum absolute atomic E-state index is 0.00694. The number of aromatic hydroxyl groups is 2. The van der Waals surface area contributed by atoms with E-state index < -0.39 is 49.2 Å². The number of ether oxygens (including phenoxy) is 1. The summed E-state index contributed by atoms with van der Waals surface area (Å²) < 4.78 is 51.5. The van der Waals surface area contributed by atoms with Crippen LogP contribution in [0, 0.1) is 0 Å². The number of rotatable bonds is 9. The molecule has 0 atom stereocenters. The fraction of sp³-hybridized carbons (Fsp3) is 0.0392. The van der Waals surface area contributed by atoms with Crippen LogP contribution in [0.3, 0.4) is 0 Å². The minimum Gasteiger partial charge on any atom is -0.508 e. The van der Waals surface area contributed by atoms with Gasteiger partial charge in [0.15, 0.2) is 19.7 Å². The Kier molecular flexibility index (Phi) is 27.3. The number of aromatic carboxylic acids is 1. The molecule has 0 saturated carbocycles. The van der Waals surface area contributed by atoms with Crippen molar-refractivity contribution in [1.82, 2.24) is 15.0 Å². The van der Waals surface area contributed by atoms with E-state index in [1.165, 1.54) is 48.5 Å². The van der Waals surface area contributed by atoms with Crippen LogP contribution in [0.5, 0.6) is 17.2 Å². The topological polar surface area (TPSA) is 286 Å². The number of carbonyl (C=O) groups excluding carboxylic acids is 3. The molecule has 0 amide bonds. The summed E-state index contributed by atoms with van der Waals surface area (Å²) in [4.78, 5) is 54.1. The van der Waals surface area contributed by atoms with Crippen molar-refractivity contribution in [3.8, 4) is 39.8 Å². The Labute approximate surface area is 496 Å². The molecule has 3 heterocycles. The summed E-state index contributed by atoms with van der Waals surface area (Å²) >= 11 is 41.6. The zero-order valence-corrected chi connectivity index (χ0v) is 48.8. The second-order valence-corrected chi connectivity index (χ2v) is 22.6. The monoisotopic (exact) mass is 1310 g/mol. The van der Waals surface area contributed by atoms with Gasteiger partial charge in [-0.25, -0.2) is 31.4 Å². The lowest BCUT2D eigenvalue weighted by Crippen LogP contribution is -2.30. The van der Waals surface area contributed by atoms with Crippen molar-refractivity contribution in [1.29, 1.82) is 0 Å². The second kappa shape index (κ2) is 32.2. The Hall–Kier alpha value is -6.18. The Morgan fingerprint density at radius 3 is 1.32 bits per heavy atom. The largest absolute Gasteiger partial charge is 0.508 e. The first kappa shape index (κ1) is 67.1. The summed E-state index contributed by atoms with van der Waals surface area (Å²) in [7, 11) is -8.41. The summed E-state index contributed by atoms with van der Waals surface area (Å²) in [5.41, 5.74) is 2.79. The molecule has 0 aliphatic heterocycles. The van der Waals surface area contributed by atoms with Gasteiger partial charge in [-0.2, -0.15) is 0 Å². The van der Waals surface area contributed by atoms with E-state index in [4.69, 9.17) is 83.0 Å². The SMILES string of the molecule is Brc1ccccn1.CS(=O)(=O)c1ccc(C(=O)O)c(Cl)c1.CS(=O)(=O)c1ccc(C(=O)Oc2ccc(Cl)c(-c3ccccn3)c2)c(Cl)c1.O=C(Cl)C(=O)Cl.OB(O)c1cc(O)ccc1Cl.Oc1ccc(Cl)c(-c2ccccn2)c1. The van der Waals surface area contributed by atoms with Crippen molar-refractivity contribution in [2.24, 2.45) is 0 Å². The predicted molar refractivity (Wildman–Crippen MR) is 309 cm³/mol. The quantitative estimate of drug-likeness (QED) is 0.0224.